The van der Waals surface area contributed by atoms with Crippen LogP contribution in [0.2, 0.25) is 0 Å². The molecule has 0 saturated carbocycles. The van der Waals surface area contributed by atoms with Gasteiger partial charge < -0.3 is 4.98 Å². The molecular formula is C12H8F3IN2S. The number of halogens is 4. The fourth-order valence-electron chi connectivity index (χ4n) is 1.61. The summed E-state index contributed by atoms with van der Waals surface area (Å²) in [6.07, 6.45) is -4.37. The number of nitrogens with zero attached hydrogens (tertiary/aromatic N) is 1. The molecule has 1 heterocycles. The third-order valence-electron chi connectivity index (χ3n) is 2.44. The van der Waals surface area contributed by atoms with Gasteiger partial charge in [-0.3, -0.25) is 0 Å². The van der Waals surface area contributed by atoms with Gasteiger partial charge in [0.15, 0.2) is 0 Å². The van der Waals surface area contributed by atoms with Gasteiger partial charge in [-0.15, -0.1) is 0 Å². The van der Waals surface area contributed by atoms with Gasteiger partial charge in [0.25, 0.3) is 0 Å². The lowest BCUT2D eigenvalue weighted by Crippen LogP contribution is -2.05. The van der Waals surface area contributed by atoms with Crippen molar-refractivity contribution in [3.8, 4) is 11.3 Å². The van der Waals surface area contributed by atoms with E-state index in [1.807, 2.05) is 22.6 Å². The largest absolute Gasteiger partial charge is 0.416 e. The molecule has 0 aliphatic heterocycles. The maximum atomic E-state index is 12.7. The molecule has 0 aliphatic rings. The summed E-state index contributed by atoms with van der Waals surface area (Å²) in [4.78, 5) is 7.10. The highest BCUT2D eigenvalue weighted by atomic mass is 127. The molecule has 0 spiro atoms. The van der Waals surface area contributed by atoms with Crippen LogP contribution >= 0.6 is 34.8 Å². The number of hydrogen-bond donors (Lipinski definition) is 1. The molecule has 0 saturated heterocycles. The van der Waals surface area contributed by atoms with Crippen molar-refractivity contribution in [2.75, 3.05) is 0 Å². The number of alkyl halides is 3. The molecule has 19 heavy (non-hydrogen) atoms. The lowest BCUT2D eigenvalue weighted by atomic mass is 10.1. The maximum absolute atomic E-state index is 12.7. The molecule has 0 bridgehead atoms. The van der Waals surface area contributed by atoms with Gasteiger partial charge in [0.05, 0.1) is 14.8 Å². The summed E-state index contributed by atoms with van der Waals surface area (Å²) in [6.45, 7) is 1.71. The summed E-state index contributed by atoms with van der Waals surface area (Å²) in [5.74, 6) is 0.567. The van der Waals surface area contributed by atoms with Crippen LogP contribution in [0, 0.1) is 15.1 Å². The smallest absolute Gasteiger partial charge is 0.334 e. The first-order chi connectivity index (χ1) is 8.79. The lowest BCUT2D eigenvalue weighted by molar-refractivity contribution is -0.137. The Hall–Kier alpha value is -0.960. The number of nitrogens with one attached hydrogen (secondary N) is 1. The number of aromatic nitrogens is 2. The van der Waals surface area contributed by atoms with E-state index in [2.05, 4.69) is 9.97 Å². The molecule has 0 radical (unpaired) electrons. The summed E-state index contributed by atoms with van der Waals surface area (Å²) >= 11 is 7.09. The molecule has 0 fully saturated rings. The van der Waals surface area contributed by atoms with Gasteiger partial charge in [-0.1, -0.05) is 24.4 Å². The standard InChI is InChI=1S/C12H8F3IN2S/c1-6-17-10(9(16)11(19)18-6)7-3-2-4-8(5-7)12(13,14)15/h2-5H,1H3,(H,17,18,19). The minimum atomic E-state index is -4.37. The molecule has 2 aromatic rings. The zero-order chi connectivity index (χ0) is 14.2. The van der Waals surface area contributed by atoms with E-state index >= 15 is 0 Å². The average Bonchev–Trinajstić information content (AvgIpc) is 2.33. The molecule has 0 unspecified atom stereocenters. The van der Waals surface area contributed by atoms with Crippen molar-refractivity contribution in [1.82, 2.24) is 9.97 Å². The van der Waals surface area contributed by atoms with Crippen LogP contribution in [-0.2, 0) is 6.18 Å². The highest BCUT2D eigenvalue weighted by Crippen LogP contribution is 2.32. The number of rotatable bonds is 1. The van der Waals surface area contributed by atoms with Crippen LogP contribution in [0.4, 0.5) is 13.2 Å². The SMILES string of the molecule is Cc1nc(-c2cccc(C(F)(F)F)c2)c(I)c(=S)[nH]1. The van der Waals surface area contributed by atoms with Gasteiger partial charge >= 0.3 is 6.18 Å². The van der Waals surface area contributed by atoms with Crippen LogP contribution in [0.1, 0.15) is 11.4 Å². The van der Waals surface area contributed by atoms with E-state index in [-0.39, 0.29) is 0 Å². The molecule has 1 aromatic carbocycles. The fourth-order valence-corrected chi connectivity index (χ4v) is 2.42. The predicted octanol–water partition coefficient (Wildman–Crippen LogP) is 4.74. The van der Waals surface area contributed by atoms with Crippen molar-refractivity contribution in [1.29, 1.82) is 0 Å². The molecule has 2 rings (SSSR count). The third-order valence-corrected chi connectivity index (χ3v) is 4.17. The highest BCUT2D eigenvalue weighted by Gasteiger charge is 2.30. The Morgan fingerprint density at radius 2 is 2.00 bits per heavy atom. The van der Waals surface area contributed by atoms with Gasteiger partial charge in [-0.05, 0) is 41.6 Å². The van der Waals surface area contributed by atoms with Crippen LogP contribution in [0.5, 0.6) is 0 Å². The molecule has 0 atom stereocenters. The van der Waals surface area contributed by atoms with E-state index in [0.29, 0.717) is 25.3 Å². The first-order valence-corrected chi connectivity index (χ1v) is 6.72. The van der Waals surface area contributed by atoms with Gasteiger partial charge in [-0.2, -0.15) is 13.2 Å². The zero-order valence-electron chi connectivity index (χ0n) is 9.68. The molecule has 2 nitrogen and oxygen atoms in total. The topological polar surface area (TPSA) is 28.7 Å². The molecule has 1 N–H and O–H groups in total. The summed E-state index contributed by atoms with van der Waals surface area (Å²) in [5.41, 5.74) is 0.175. The van der Waals surface area contributed by atoms with Crippen molar-refractivity contribution >= 4 is 34.8 Å². The Bertz CT molecular complexity index is 679. The summed E-state index contributed by atoms with van der Waals surface area (Å²) in [5, 5.41) is 0. The van der Waals surface area contributed by atoms with Gasteiger partial charge in [0, 0.05) is 5.56 Å². The van der Waals surface area contributed by atoms with Crippen LogP contribution in [-0.4, -0.2) is 9.97 Å². The Balaban J connectivity index is 2.63. The monoisotopic (exact) mass is 396 g/mol. The maximum Gasteiger partial charge on any atom is 0.416 e. The number of aromatic amines is 1. The van der Waals surface area contributed by atoms with Crippen molar-refractivity contribution in [3.63, 3.8) is 0 Å². The number of hydrogen-bond acceptors (Lipinski definition) is 2. The Kier molecular flexibility index (Phi) is 3.95. The number of H-pyrrole nitrogens is 1. The highest BCUT2D eigenvalue weighted by molar-refractivity contribution is 14.1. The van der Waals surface area contributed by atoms with Crippen LogP contribution in [0.25, 0.3) is 11.3 Å². The van der Waals surface area contributed by atoms with Crippen molar-refractivity contribution in [2.24, 2.45) is 0 Å². The number of aryl methyl sites for hydroxylation is 1. The Morgan fingerprint density at radius 1 is 1.32 bits per heavy atom. The molecule has 0 aliphatic carbocycles. The zero-order valence-corrected chi connectivity index (χ0v) is 12.7. The first kappa shape index (κ1) is 14.4. The normalized spacial score (nSPS) is 11.6. The quantitative estimate of drug-likeness (QED) is 0.558. The van der Waals surface area contributed by atoms with E-state index in [9.17, 15) is 13.2 Å². The van der Waals surface area contributed by atoms with E-state index in [0.717, 1.165) is 12.1 Å². The van der Waals surface area contributed by atoms with Gasteiger partial charge in [0.2, 0.25) is 0 Å². The van der Waals surface area contributed by atoms with Gasteiger partial charge in [0.1, 0.15) is 10.5 Å². The van der Waals surface area contributed by atoms with Crippen LogP contribution in [0.3, 0.4) is 0 Å². The Labute approximate surface area is 126 Å². The molecular weight excluding hydrogens is 388 g/mol. The third kappa shape index (κ3) is 3.14. The van der Waals surface area contributed by atoms with Crippen molar-refractivity contribution in [2.45, 2.75) is 13.1 Å². The minimum absolute atomic E-state index is 0.405. The van der Waals surface area contributed by atoms with E-state index in [4.69, 9.17) is 12.2 Å². The summed E-state index contributed by atoms with van der Waals surface area (Å²) in [6, 6.07) is 5.07. The first-order valence-electron chi connectivity index (χ1n) is 5.23. The van der Waals surface area contributed by atoms with Crippen LogP contribution < -0.4 is 0 Å². The predicted molar refractivity (Wildman–Crippen MR) is 77.3 cm³/mol. The minimum Gasteiger partial charge on any atom is -0.334 e. The average molecular weight is 396 g/mol. The summed E-state index contributed by atoms with van der Waals surface area (Å²) < 4.78 is 39.2. The van der Waals surface area contributed by atoms with Crippen molar-refractivity contribution < 1.29 is 13.2 Å². The van der Waals surface area contributed by atoms with E-state index in [1.165, 1.54) is 6.07 Å². The summed E-state index contributed by atoms with van der Waals surface area (Å²) in [7, 11) is 0. The molecule has 0 amide bonds. The van der Waals surface area contributed by atoms with Gasteiger partial charge in [-0.25, -0.2) is 4.98 Å². The Morgan fingerprint density at radius 3 is 2.63 bits per heavy atom. The van der Waals surface area contributed by atoms with E-state index < -0.39 is 11.7 Å². The molecule has 1 aromatic heterocycles. The fraction of sp³-hybridized carbons (Fsp3) is 0.167. The number of benzene rings is 1. The second-order valence-electron chi connectivity index (χ2n) is 3.89. The van der Waals surface area contributed by atoms with Crippen molar-refractivity contribution in [3.05, 3.63) is 43.9 Å². The lowest BCUT2D eigenvalue weighted by Gasteiger charge is -2.10. The second kappa shape index (κ2) is 5.20. The van der Waals surface area contributed by atoms with E-state index in [1.54, 1.807) is 13.0 Å². The van der Waals surface area contributed by atoms with Crippen LogP contribution in [0.15, 0.2) is 24.3 Å². The molecule has 100 valence electrons. The molecule has 7 heteroatoms. The second-order valence-corrected chi connectivity index (χ2v) is 5.38.